The van der Waals surface area contributed by atoms with Gasteiger partial charge in [-0.25, -0.2) is 0 Å². The molecule has 0 fully saturated rings. The van der Waals surface area contributed by atoms with E-state index in [1.165, 1.54) is 37.6 Å². The lowest BCUT2D eigenvalue weighted by molar-refractivity contribution is -0.174. The van der Waals surface area contributed by atoms with Gasteiger partial charge in [-0.3, -0.25) is 9.59 Å². The lowest BCUT2D eigenvalue weighted by Gasteiger charge is -2.20. The van der Waals surface area contributed by atoms with Crippen LogP contribution in [0.5, 0.6) is 5.75 Å². The SMILES string of the molecule is COc1ccc(C(CC(=O)NCc2ccco2)NC(=O)C(F)(F)F)cc1. The Morgan fingerprint density at radius 2 is 1.88 bits per heavy atom. The van der Waals surface area contributed by atoms with Crippen LogP contribution in [-0.4, -0.2) is 25.1 Å². The maximum Gasteiger partial charge on any atom is 0.471 e. The number of alkyl halides is 3. The number of rotatable bonds is 7. The summed E-state index contributed by atoms with van der Waals surface area (Å²) in [5, 5.41) is 4.38. The molecular formula is C17H17F3N2O4. The summed E-state index contributed by atoms with van der Waals surface area (Å²) in [6, 6.07) is 8.18. The Kier molecular flexibility index (Phi) is 6.26. The number of carbonyl (C=O) groups excluding carboxylic acids is 2. The number of hydrogen-bond acceptors (Lipinski definition) is 4. The molecule has 6 nitrogen and oxygen atoms in total. The molecule has 0 aliphatic heterocycles. The first-order valence-electron chi connectivity index (χ1n) is 7.60. The standard InChI is InChI=1S/C17H17F3N2O4/c1-25-12-6-4-11(5-7-12)14(22-16(24)17(18,19)20)9-15(23)21-10-13-3-2-8-26-13/h2-8,14H,9-10H2,1H3,(H,21,23)(H,22,24). The Balaban J connectivity index is 2.08. The summed E-state index contributed by atoms with van der Waals surface area (Å²) < 4.78 is 47.8. The first-order chi connectivity index (χ1) is 12.3. The van der Waals surface area contributed by atoms with Crippen LogP contribution >= 0.6 is 0 Å². The normalized spacial score (nSPS) is 12.3. The summed E-state index contributed by atoms with van der Waals surface area (Å²) in [5.74, 6) is -1.66. The van der Waals surface area contributed by atoms with Crippen LogP contribution in [0, 0.1) is 0 Å². The molecule has 2 aromatic rings. The van der Waals surface area contributed by atoms with Gasteiger partial charge in [0.1, 0.15) is 11.5 Å². The maximum absolute atomic E-state index is 12.6. The minimum absolute atomic E-state index is 0.0916. The third-order valence-electron chi connectivity index (χ3n) is 3.51. The van der Waals surface area contributed by atoms with Crippen molar-refractivity contribution in [2.24, 2.45) is 0 Å². The zero-order valence-corrected chi connectivity index (χ0v) is 13.8. The number of nitrogens with one attached hydrogen (secondary N) is 2. The van der Waals surface area contributed by atoms with Gasteiger partial charge in [-0.05, 0) is 29.8 Å². The molecule has 2 amide bonds. The molecule has 0 saturated heterocycles. The molecular weight excluding hydrogens is 353 g/mol. The Bertz CT molecular complexity index is 727. The fraction of sp³-hybridized carbons (Fsp3) is 0.294. The van der Waals surface area contributed by atoms with E-state index >= 15 is 0 Å². The second-order valence-corrected chi connectivity index (χ2v) is 5.36. The molecule has 26 heavy (non-hydrogen) atoms. The van der Waals surface area contributed by atoms with E-state index < -0.39 is 24.0 Å². The van der Waals surface area contributed by atoms with Crippen LogP contribution in [-0.2, 0) is 16.1 Å². The Morgan fingerprint density at radius 3 is 2.42 bits per heavy atom. The van der Waals surface area contributed by atoms with Gasteiger partial charge in [0.2, 0.25) is 5.91 Å². The van der Waals surface area contributed by atoms with Gasteiger partial charge in [-0.2, -0.15) is 13.2 Å². The van der Waals surface area contributed by atoms with Crippen molar-refractivity contribution >= 4 is 11.8 Å². The minimum Gasteiger partial charge on any atom is -0.497 e. The number of benzene rings is 1. The fourth-order valence-corrected chi connectivity index (χ4v) is 2.18. The van der Waals surface area contributed by atoms with E-state index in [0.29, 0.717) is 17.1 Å². The number of amides is 2. The maximum atomic E-state index is 12.6. The molecule has 2 rings (SSSR count). The quantitative estimate of drug-likeness (QED) is 0.785. The highest BCUT2D eigenvalue weighted by atomic mass is 19.4. The molecule has 140 valence electrons. The zero-order chi connectivity index (χ0) is 19.2. The molecule has 9 heteroatoms. The van der Waals surface area contributed by atoms with E-state index in [4.69, 9.17) is 9.15 Å². The zero-order valence-electron chi connectivity index (χ0n) is 13.8. The van der Waals surface area contributed by atoms with Crippen molar-refractivity contribution in [3.05, 3.63) is 54.0 Å². The van der Waals surface area contributed by atoms with Crippen molar-refractivity contribution in [3.63, 3.8) is 0 Å². The average molecular weight is 370 g/mol. The predicted molar refractivity (Wildman–Crippen MR) is 85.1 cm³/mol. The highest BCUT2D eigenvalue weighted by Crippen LogP contribution is 2.23. The molecule has 1 heterocycles. The van der Waals surface area contributed by atoms with E-state index in [-0.39, 0.29) is 13.0 Å². The minimum atomic E-state index is -5.05. The average Bonchev–Trinajstić information content (AvgIpc) is 3.12. The molecule has 0 spiro atoms. The molecule has 1 unspecified atom stereocenters. The van der Waals surface area contributed by atoms with Crippen molar-refractivity contribution in [2.45, 2.75) is 25.2 Å². The fourth-order valence-electron chi connectivity index (χ4n) is 2.18. The Labute approximate surface area is 147 Å². The summed E-state index contributed by atoms with van der Waals surface area (Å²) in [6.45, 7) is 0.0916. The smallest absolute Gasteiger partial charge is 0.471 e. The number of furan rings is 1. The molecule has 1 atom stereocenters. The van der Waals surface area contributed by atoms with Crippen LogP contribution in [0.3, 0.4) is 0 Å². The highest BCUT2D eigenvalue weighted by Gasteiger charge is 2.40. The summed E-state index contributed by atoms with van der Waals surface area (Å²) in [5.41, 5.74) is 0.344. The van der Waals surface area contributed by atoms with Crippen molar-refractivity contribution < 1.29 is 31.9 Å². The number of methoxy groups -OCH3 is 1. The van der Waals surface area contributed by atoms with Crippen molar-refractivity contribution in [1.29, 1.82) is 0 Å². The molecule has 1 aromatic carbocycles. The topological polar surface area (TPSA) is 80.6 Å². The van der Waals surface area contributed by atoms with Gasteiger partial charge in [-0.1, -0.05) is 12.1 Å². The van der Waals surface area contributed by atoms with Crippen molar-refractivity contribution in [3.8, 4) is 5.75 Å². The number of hydrogen-bond donors (Lipinski definition) is 2. The van der Waals surface area contributed by atoms with Crippen LogP contribution in [0.1, 0.15) is 23.8 Å². The van der Waals surface area contributed by atoms with Crippen LogP contribution in [0.25, 0.3) is 0 Å². The van der Waals surface area contributed by atoms with Crippen LogP contribution in [0.2, 0.25) is 0 Å². The summed E-state index contributed by atoms with van der Waals surface area (Å²) in [6.07, 6.45) is -3.98. The molecule has 0 bridgehead atoms. The second-order valence-electron chi connectivity index (χ2n) is 5.36. The summed E-state index contributed by atoms with van der Waals surface area (Å²) >= 11 is 0. The molecule has 1 aromatic heterocycles. The summed E-state index contributed by atoms with van der Waals surface area (Å²) in [4.78, 5) is 23.4. The monoisotopic (exact) mass is 370 g/mol. The van der Waals surface area contributed by atoms with Gasteiger partial charge in [0.25, 0.3) is 0 Å². The van der Waals surface area contributed by atoms with E-state index in [0.717, 1.165) is 0 Å². The van der Waals surface area contributed by atoms with E-state index in [1.807, 2.05) is 5.32 Å². The van der Waals surface area contributed by atoms with E-state index in [2.05, 4.69) is 5.32 Å². The molecule has 0 radical (unpaired) electrons. The van der Waals surface area contributed by atoms with Crippen LogP contribution in [0.15, 0.2) is 47.1 Å². The molecule has 0 aliphatic rings. The molecule has 2 N–H and O–H groups in total. The highest BCUT2D eigenvalue weighted by molar-refractivity contribution is 5.83. The van der Waals surface area contributed by atoms with Crippen LogP contribution in [0.4, 0.5) is 13.2 Å². The number of carbonyl (C=O) groups is 2. The van der Waals surface area contributed by atoms with Gasteiger partial charge < -0.3 is 19.8 Å². The van der Waals surface area contributed by atoms with Crippen molar-refractivity contribution in [2.75, 3.05) is 7.11 Å². The Hall–Kier alpha value is -2.97. The van der Waals surface area contributed by atoms with Gasteiger partial charge in [-0.15, -0.1) is 0 Å². The third-order valence-corrected chi connectivity index (χ3v) is 3.51. The van der Waals surface area contributed by atoms with Crippen molar-refractivity contribution in [1.82, 2.24) is 10.6 Å². The first-order valence-corrected chi connectivity index (χ1v) is 7.60. The van der Waals surface area contributed by atoms with Gasteiger partial charge in [0.15, 0.2) is 0 Å². The van der Waals surface area contributed by atoms with Gasteiger partial charge >= 0.3 is 12.1 Å². The Morgan fingerprint density at radius 1 is 1.19 bits per heavy atom. The third kappa shape index (κ3) is 5.54. The second kappa shape index (κ2) is 8.41. The lowest BCUT2D eigenvalue weighted by atomic mass is 10.0. The van der Waals surface area contributed by atoms with Crippen LogP contribution < -0.4 is 15.4 Å². The lowest BCUT2D eigenvalue weighted by Crippen LogP contribution is -2.40. The predicted octanol–water partition coefficient (Wildman–Crippen LogP) is 2.71. The van der Waals surface area contributed by atoms with Gasteiger partial charge in [0, 0.05) is 0 Å². The summed E-state index contributed by atoms with van der Waals surface area (Å²) in [7, 11) is 1.44. The number of ether oxygens (including phenoxy) is 1. The number of halogens is 3. The first kappa shape index (κ1) is 19.4. The molecule has 0 aliphatic carbocycles. The van der Waals surface area contributed by atoms with Gasteiger partial charge in [0.05, 0.1) is 32.4 Å². The van der Waals surface area contributed by atoms with E-state index in [9.17, 15) is 22.8 Å². The molecule has 0 saturated carbocycles. The largest absolute Gasteiger partial charge is 0.497 e. The van der Waals surface area contributed by atoms with E-state index in [1.54, 1.807) is 12.1 Å².